The van der Waals surface area contributed by atoms with E-state index >= 15 is 0 Å². The lowest BCUT2D eigenvalue weighted by molar-refractivity contribution is -0.154. The molecule has 3 heterocycles. The van der Waals surface area contributed by atoms with Crippen LogP contribution in [-0.2, 0) is 20.9 Å². The summed E-state index contributed by atoms with van der Waals surface area (Å²) in [7, 11) is 0. The summed E-state index contributed by atoms with van der Waals surface area (Å²) in [6.45, 7) is 3.71. The van der Waals surface area contributed by atoms with E-state index in [9.17, 15) is 14.4 Å². The molecule has 2 atom stereocenters. The minimum Gasteiger partial charge on any atom is -0.459 e. The van der Waals surface area contributed by atoms with Gasteiger partial charge in [-0.1, -0.05) is 11.6 Å². The summed E-state index contributed by atoms with van der Waals surface area (Å²) < 4.78 is 10.7. The third-order valence-corrected chi connectivity index (χ3v) is 7.11. The van der Waals surface area contributed by atoms with Crippen molar-refractivity contribution in [2.45, 2.75) is 44.2 Å². The first-order valence-electron chi connectivity index (χ1n) is 8.64. The molecule has 2 fully saturated rings. The number of halogens is 1. The number of carbonyl (C=O) groups is 2. The Labute approximate surface area is 164 Å². The standard InChI is InChI=1S/C19H18ClNO5S/c1-10-5-15-12(7-13(10)20)11(6-17(23)26-15)8-25-18(24)14-9-27-19(2)4-3-16(22)21(14)19/h5-7,14H,3-4,8-9H2,1-2H3. The summed E-state index contributed by atoms with van der Waals surface area (Å²) in [6.07, 6.45) is 1.19. The van der Waals surface area contributed by atoms with Gasteiger partial charge in [-0.2, -0.15) is 0 Å². The number of rotatable bonds is 3. The van der Waals surface area contributed by atoms with E-state index in [1.54, 1.807) is 28.8 Å². The summed E-state index contributed by atoms with van der Waals surface area (Å²) in [4.78, 5) is 38.0. The van der Waals surface area contributed by atoms with Gasteiger partial charge in [0.25, 0.3) is 0 Å². The molecule has 2 aliphatic heterocycles. The monoisotopic (exact) mass is 407 g/mol. The highest BCUT2D eigenvalue weighted by molar-refractivity contribution is 8.01. The molecule has 0 saturated carbocycles. The normalized spacial score (nSPS) is 24.5. The molecule has 0 radical (unpaired) electrons. The summed E-state index contributed by atoms with van der Waals surface area (Å²) >= 11 is 7.79. The molecular weight excluding hydrogens is 390 g/mol. The Kier molecular flexibility index (Phi) is 4.47. The van der Waals surface area contributed by atoms with Crippen molar-refractivity contribution in [2.75, 3.05) is 5.75 Å². The number of aryl methyl sites for hydroxylation is 1. The number of benzene rings is 1. The van der Waals surface area contributed by atoms with Crippen LogP contribution in [0.5, 0.6) is 0 Å². The van der Waals surface area contributed by atoms with E-state index in [4.69, 9.17) is 20.8 Å². The van der Waals surface area contributed by atoms with Crippen molar-refractivity contribution < 1.29 is 18.7 Å². The summed E-state index contributed by atoms with van der Waals surface area (Å²) in [6, 6.07) is 4.10. The van der Waals surface area contributed by atoms with Gasteiger partial charge >= 0.3 is 11.6 Å². The second-order valence-corrected chi connectivity index (χ2v) is 8.97. The van der Waals surface area contributed by atoms with E-state index in [-0.39, 0.29) is 17.4 Å². The van der Waals surface area contributed by atoms with Crippen LogP contribution in [0.2, 0.25) is 5.02 Å². The molecule has 1 aromatic carbocycles. The van der Waals surface area contributed by atoms with Crippen LogP contribution >= 0.6 is 23.4 Å². The molecule has 2 aromatic rings. The topological polar surface area (TPSA) is 76.8 Å². The minimum atomic E-state index is -0.591. The van der Waals surface area contributed by atoms with Crippen molar-refractivity contribution in [3.8, 4) is 0 Å². The average molecular weight is 408 g/mol. The number of nitrogens with zero attached hydrogens (tertiary/aromatic N) is 1. The van der Waals surface area contributed by atoms with Gasteiger partial charge in [-0.05, 0) is 38.0 Å². The minimum absolute atomic E-state index is 0.0162. The maximum Gasteiger partial charge on any atom is 0.336 e. The molecule has 1 aromatic heterocycles. The molecule has 142 valence electrons. The van der Waals surface area contributed by atoms with E-state index < -0.39 is 17.6 Å². The Bertz CT molecular complexity index is 1020. The molecule has 2 saturated heterocycles. The molecule has 27 heavy (non-hydrogen) atoms. The van der Waals surface area contributed by atoms with Gasteiger partial charge in [0.15, 0.2) is 0 Å². The van der Waals surface area contributed by atoms with Crippen LogP contribution in [-0.4, -0.2) is 33.4 Å². The number of carbonyl (C=O) groups excluding carboxylic acids is 2. The van der Waals surface area contributed by atoms with E-state index in [0.717, 1.165) is 12.0 Å². The lowest BCUT2D eigenvalue weighted by Crippen LogP contribution is -2.46. The van der Waals surface area contributed by atoms with Crippen LogP contribution in [0.25, 0.3) is 11.0 Å². The van der Waals surface area contributed by atoms with Crippen molar-refractivity contribution >= 4 is 46.2 Å². The first-order valence-corrected chi connectivity index (χ1v) is 10.0. The summed E-state index contributed by atoms with van der Waals surface area (Å²) in [5.41, 5.74) is 1.19. The van der Waals surface area contributed by atoms with Gasteiger partial charge in [-0.15, -0.1) is 11.8 Å². The molecule has 1 amide bonds. The number of thioether (sulfide) groups is 1. The SMILES string of the molecule is Cc1cc2oc(=O)cc(COC(=O)C3CSC4(C)CCC(=O)N34)c2cc1Cl. The van der Waals surface area contributed by atoms with Crippen molar-refractivity contribution in [1.29, 1.82) is 0 Å². The third kappa shape index (κ3) is 3.12. The summed E-state index contributed by atoms with van der Waals surface area (Å²) in [5.74, 6) is 0.0441. The third-order valence-electron chi connectivity index (χ3n) is 5.20. The highest BCUT2D eigenvalue weighted by Gasteiger charge is 2.53. The number of hydrogen-bond acceptors (Lipinski definition) is 6. The number of ether oxygens (including phenoxy) is 1. The Morgan fingerprint density at radius 1 is 1.41 bits per heavy atom. The van der Waals surface area contributed by atoms with Gasteiger partial charge in [0.2, 0.25) is 5.91 Å². The molecule has 6 nitrogen and oxygen atoms in total. The maximum absolute atomic E-state index is 12.6. The first-order chi connectivity index (χ1) is 12.8. The molecular formula is C19H18ClNO5S. The number of esters is 1. The largest absolute Gasteiger partial charge is 0.459 e. The van der Waals surface area contributed by atoms with E-state index in [1.807, 2.05) is 13.8 Å². The van der Waals surface area contributed by atoms with Crippen LogP contribution in [0.15, 0.2) is 27.4 Å². The highest BCUT2D eigenvalue weighted by atomic mass is 35.5. The zero-order chi connectivity index (χ0) is 19.3. The van der Waals surface area contributed by atoms with Crippen molar-refractivity contribution in [3.05, 3.63) is 44.8 Å². The maximum atomic E-state index is 12.6. The number of amides is 1. The molecule has 0 aliphatic carbocycles. The van der Waals surface area contributed by atoms with E-state index in [0.29, 0.717) is 33.7 Å². The fraction of sp³-hybridized carbons (Fsp3) is 0.421. The van der Waals surface area contributed by atoms with Crippen molar-refractivity contribution in [3.63, 3.8) is 0 Å². The Morgan fingerprint density at radius 3 is 2.96 bits per heavy atom. The lowest BCUT2D eigenvalue weighted by Gasteiger charge is -2.29. The second kappa shape index (κ2) is 6.56. The zero-order valence-electron chi connectivity index (χ0n) is 14.9. The van der Waals surface area contributed by atoms with Crippen LogP contribution in [0.1, 0.15) is 30.9 Å². The first kappa shape index (κ1) is 18.4. The quantitative estimate of drug-likeness (QED) is 0.574. The average Bonchev–Trinajstić information content (AvgIpc) is 3.10. The smallest absolute Gasteiger partial charge is 0.336 e. The predicted octanol–water partition coefficient (Wildman–Crippen LogP) is 3.25. The van der Waals surface area contributed by atoms with Gasteiger partial charge in [-0.3, -0.25) is 4.79 Å². The lowest BCUT2D eigenvalue weighted by atomic mass is 10.1. The Morgan fingerprint density at radius 2 is 2.19 bits per heavy atom. The van der Waals surface area contributed by atoms with Gasteiger partial charge in [0.05, 0.1) is 4.87 Å². The van der Waals surface area contributed by atoms with E-state index in [1.165, 1.54) is 6.07 Å². The fourth-order valence-corrected chi connectivity index (χ4v) is 5.29. The second-order valence-electron chi connectivity index (χ2n) is 7.06. The molecule has 2 unspecified atom stereocenters. The molecule has 8 heteroatoms. The predicted molar refractivity (Wildman–Crippen MR) is 103 cm³/mol. The molecule has 0 bridgehead atoms. The van der Waals surface area contributed by atoms with Crippen LogP contribution < -0.4 is 5.63 Å². The van der Waals surface area contributed by atoms with Gasteiger partial charge in [0.1, 0.15) is 18.2 Å². The molecule has 0 spiro atoms. The fourth-order valence-electron chi connectivity index (χ4n) is 3.71. The Hall–Kier alpha value is -1.99. The molecule has 2 aliphatic rings. The van der Waals surface area contributed by atoms with Gasteiger partial charge < -0.3 is 14.1 Å². The number of fused-ring (bicyclic) bond motifs is 2. The number of hydrogen-bond donors (Lipinski definition) is 0. The van der Waals surface area contributed by atoms with Crippen molar-refractivity contribution in [1.82, 2.24) is 4.90 Å². The molecule has 4 rings (SSSR count). The van der Waals surface area contributed by atoms with E-state index in [2.05, 4.69) is 0 Å². The highest BCUT2D eigenvalue weighted by Crippen LogP contribution is 2.47. The molecule has 0 N–H and O–H groups in total. The van der Waals surface area contributed by atoms with Crippen molar-refractivity contribution in [2.24, 2.45) is 0 Å². The van der Waals surface area contributed by atoms with Gasteiger partial charge in [-0.25, -0.2) is 9.59 Å². The Balaban J connectivity index is 1.57. The van der Waals surface area contributed by atoms with Gasteiger partial charge in [0, 0.05) is 34.2 Å². The van der Waals surface area contributed by atoms with Crippen LogP contribution in [0, 0.1) is 6.92 Å². The zero-order valence-corrected chi connectivity index (χ0v) is 16.5. The van der Waals surface area contributed by atoms with Crippen LogP contribution in [0.4, 0.5) is 0 Å². The van der Waals surface area contributed by atoms with Crippen LogP contribution in [0.3, 0.4) is 0 Å². The summed E-state index contributed by atoms with van der Waals surface area (Å²) in [5, 5.41) is 1.16.